The second kappa shape index (κ2) is 6.67. The number of ether oxygens (including phenoxy) is 1. The molecule has 0 aliphatic carbocycles. The first-order valence-corrected chi connectivity index (χ1v) is 6.44. The lowest BCUT2D eigenvalue weighted by atomic mass is 10.1. The van der Waals surface area contributed by atoms with Crippen molar-refractivity contribution in [3.8, 4) is 5.75 Å². The normalized spacial score (nSPS) is 10.0. The van der Waals surface area contributed by atoms with Gasteiger partial charge in [-0.2, -0.15) is 0 Å². The van der Waals surface area contributed by atoms with Crippen molar-refractivity contribution in [2.24, 2.45) is 5.84 Å². The second-order valence-corrected chi connectivity index (χ2v) is 4.50. The second-order valence-electron chi connectivity index (χ2n) is 4.50. The van der Waals surface area contributed by atoms with Crippen LogP contribution in [0.5, 0.6) is 5.75 Å². The van der Waals surface area contributed by atoms with E-state index in [-0.39, 0.29) is 18.3 Å². The molecule has 21 heavy (non-hydrogen) atoms. The summed E-state index contributed by atoms with van der Waals surface area (Å²) in [4.78, 5) is 23.0. The Morgan fingerprint density at radius 3 is 2.62 bits per heavy atom. The standard InChI is InChI=1S/C16H16N2O3/c1-11(19)12-6-4-7-14(9-12)21-10-13-5-2-3-8-15(13)16(20)18-17/h2-9H,10,17H2,1H3,(H,18,20). The molecule has 108 valence electrons. The first kappa shape index (κ1) is 14.7. The molecule has 0 radical (unpaired) electrons. The van der Waals surface area contributed by atoms with Crippen LogP contribution in [0.2, 0.25) is 0 Å². The van der Waals surface area contributed by atoms with E-state index in [9.17, 15) is 9.59 Å². The predicted octanol–water partition coefficient (Wildman–Crippen LogP) is 2.07. The summed E-state index contributed by atoms with van der Waals surface area (Å²) in [6, 6.07) is 14.0. The zero-order valence-electron chi connectivity index (χ0n) is 11.6. The largest absolute Gasteiger partial charge is 0.489 e. The van der Waals surface area contributed by atoms with Crippen molar-refractivity contribution in [1.29, 1.82) is 0 Å². The maximum absolute atomic E-state index is 11.7. The first-order chi connectivity index (χ1) is 10.1. The Bertz CT molecular complexity index is 668. The molecule has 0 saturated heterocycles. The summed E-state index contributed by atoms with van der Waals surface area (Å²) in [7, 11) is 0. The molecule has 3 N–H and O–H groups in total. The van der Waals surface area contributed by atoms with Gasteiger partial charge in [0.05, 0.1) is 0 Å². The zero-order chi connectivity index (χ0) is 15.2. The van der Waals surface area contributed by atoms with E-state index in [0.717, 1.165) is 0 Å². The van der Waals surface area contributed by atoms with Gasteiger partial charge in [-0.3, -0.25) is 15.0 Å². The Balaban J connectivity index is 2.15. The number of ketones is 1. The molecule has 0 unspecified atom stereocenters. The number of carbonyl (C=O) groups excluding carboxylic acids is 2. The molecular formula is C16H16N2O3. The van der Waals surface area contributed by atoms with Gasteiger partial charge in [-0.05, 0) is 25.1 Å². The third-order valence-corrected chi connectivity index (χ3v) is 3.03. The molecule has 1 amide bonds. The molecule has 0 bridgehead atoms. The van der Waals surface area contributed by atoms with Crippen molar-refractivity contribution in [1.82, 2.24) is 5.43 Å². The molecule has 0 atom stereocenters. The van der Waals surface area contributed by atoms with Gasteiger partial charge in [-0.25, -0.2) is 5.84 Å². The minimum Gasteiger partial charge on any atom is -0.489 e. The van der Waals surface area contributed by atoms with Gasteiger partial charge in [0.1, 0.15) is 12.4 Å². The van der Waals surface area contributed by atoms with Crippen molar-refractivity contribution in [3.63, 3.8) is 0 Å². The monoisotopic (exact) mass is 284 g/mol. The third kappa shape index (κ3) is 3.67. The first-order valence-electron chi connectivity index (χ1n) is 6.44. The molecule has 0 aromatic heterocycles. The maximum Gasteiger partial charge on any atom is 0.265 e. The van der Waals surface area contributed by atoms with Crippen molar-refractivity contribution in [2.75, 3.05) is 0 Å². The van der Waals surface area contributed by atoms with E-state index in [1.807, 2.05) is 6.07 Å². The van der Waals surface area contributed by atoms with Crippen LogP contribution in [-0.2, 0) is 6.61 Å². The van der Waals surface area contributed by atoms with Gasteiger partial charge in [0.25, 0.3) is 5.91 Å². The molecule has 0 fully saturated rings. The minimum atomic E-state index is -0.369. The summed E-state index contributed by atoms with van der Waals surface area (Å²) in [5, 5.41) is 0. The predicted molar refractivity (Wildman–Crippen MR) is 78.9 cm³/mol. The molecule has 0 heterocycles. The van der Waals surface area contributed by atoms with Crippen molar-refractivity contribution >= 4 is 11.7 Å². The van der Waals surface area contributed by atoms with E-state index in [1.165, 1.54) is 6.92 Å². The fraction of sp³-hybridized carbons (Fsp3) is 0.125. The van der Waals surface area contributed by atoms with Gasteiger partial charge in [0.2, 0.25) is 0 Å². The Kier molecular flexibility index (Phi) is 4.68. The molecule has 5 nitrogen and oxygen atoms in total. The summed E-state index contributed by atoms with van der Waals surface area (Å²) in [5.74, 6) is 5.34. The van der Waals surface area contributed by atoms with Gasteiger partial charge in [0, 0.05) is 16.7 Å². The van der Waals surface area contributed by atoms with E-state index in [2.05, 4.69) is 5.43 Å². The van der Waals surface area contributed by atoms with Crippen molar-refractivity contribution in [3.05, 3.63) is 65.2 Å². The van der Waals surface area contributed by atoms with Crippen molar-refractivity contribution in [2.45, 2.75) is 13.5 Å². The average Bonchev–Trinajstić information content (AvgIpc) is 2.52. The Labute approximate surface area is 122 Å². The van der Waals surface area contributed by atoms with Gasteiger partial charge >= 0.3 is 0 Å². The van der Waals surface area contributed by atoms with Crippen LogP contribution in [-0.4, -0.2) is 11.7 Å². The van der Waals surface area contributed by atoms with Crippen LogP contribution in [0.1, 0.15) is 33.2 Å². The number of hydrazine groups is 1. The fourth-order valence-corrected chi connectivity index (χ4v) is 1.91. The lowest BCUT2D eigenvalue weighted by molar-refractivity contribution is 0.0950. The van der Waals surface area contributed by atoms with Crippen LogP contribution < -0.4 is 16.0 Å². The number of amides is 1. The number of Topliss-reactive ketones (excluding diaryl/α,β-unsaturated/α-hetero) is 1. The summed E-state index contributed by atoms with van der Waals surface area (Å²) >= 11 is 0. The summed E-state index contributed by atoms with van der Waals surface area (Å²) in [6.07, 6.45) is 0. The Morgan fingerprint density at radius 1 is 1.14 bits per heavy atom. The molecular weight excluding hydrogens is 268 g/mol. The molecule has 2 rings (SSSR count). The fourth-order valence-electron chi connectivity index (χ4n) is 1.91. The van der Waals surface area contributed by atoms with E-state index in [1.54, 1.807) is 42.5 Å². The molecule has 2 aromatic rings. The molecule has 2 aromatic carbocycles. The Hall–Kier alpha value is -2.66. The Morgan fingerprint density at radius 2 is 1.90 bits per heavy atom. The number of carbonyl (C=O) groups is 2. The van der Waals surface area contributed by atoms with E-state index >= 15 is 0 Å². The number of nitrogen functional groups attached to an aromatic ring is 1. The summed E-state index contributed by atoms with van der Waals surface area (Å²) in [5.41, 5.74) is 3.87. The summed E-state index contributed by atoms with van der Waals surface area (Å²) in [6.45, 7) is 1.71. The van der Waals surface area contributed by atoms with E-state index < -0.39 is 0 Å². The van der Waals surface area contributed by atoms with Crippen LogP contribution in [0.25, 0.3) is 0 Å². The average molecular weight is 284 g/mol. The van der Waals surface area contributed by atoms with Crippen LogP contribution in [0.4, 0.5) is 0 Å². The number of hydrogen-bond donors (Lipinski definition) is 2. The maximum atomic E-state index is 11.7. The highest BCUT2D eigenvalue weighted by molar-refractivity contribution is 5.95. The molecule has 5 heteroatoms. The van der Waals surface area contributed by atoms with Crippen LogP contribution in [0.15, 0.2) is 48.5 Å². The number of rotatable bonds is 5. The van der Waals surface area contributed by atoms with Crippen molar-refractivity contribution < 1.29 is 14.3 Å². The lowest BCUT2D eigenvalue weighted by Crippen LogP contribution is -2.30. The van der Waals surface area contributed by atoms with Gasteiger partial charge < -0.3 is 4.74 Å². The number of hydrogen-bond acceptors (Lipinski definition) is 4. The van der Waals surface area contributed by atoms with Crippen LogP contribution in [0.3, 0.4) is 0 Å². The molecule has 0 aliphatic rings. The molecule has 0 aliphatic heterocycles. The topological polar surface area (TPSA) is 81.4 Å². The third-order valence-electron chi connectivity index (χ3n) is 3.03. The van der Waals surface area contributed by atoms with Crippen LogP contribution in [0, 0.1) is 0 Å². The van der Waals surface area contributed by atoms with E-state index in [4.69, 9.17) is 10.6 Å². The highest BCUT2D eigenvalue weighted by Crippen LogP contribution is 2.17. The highest BCUT2D eigenvalue weighted by atomic mass is 16.5. The van der Waals surface area contributed by atoms with Gasteiger partial charge in [0.15, 0.2) is 5.78 Å². The molecule has 0 saturated carbocycles. The van der Waals surface area contributed by atoms with Gasteiger partial charge in [-0.15, -0.1) is 0 Å². The minimum absolute atomic E-state index is 0.0247. The highest BCUT2D eigenvalue weighted by Gasteiger charge is 2.10. The summed E-state index contributed by atoms with van der Waals surface area (Å²) < 4.78 is 5.65. The number of nitrogens with one attached hydrogen (secondary N) is 1. The SMILES string of the molecule is CC(=O)c1cccc(OCc2ccccc2C(=O)NN)c1. The quantitative estimate of drug-likeness (QED) is 0.381. The van der Waals surface area contributed by atoms with Crippen LogP contribution >= 0.6 is 0 Å². The zero-order valence-corrected chi connectivity index (χ0v) is 11.6. The number of benzene rings is 2. The number of nitrogens with two attached hydrogens (primary N) is 1. The van der Waals surface area contributed by atoms with Gasteiger partial charge in [-0.1, -0.05) is 30.3 Å². The van der Waals surface area contributed by atoms with E-state index in [0.29, 0.717) is 22.4 Å². The smallest absolute Gasteiger partial charge is 0.265 e. The lowest BCUT2D eigenvalue weighted by Gasteiger charge is -2.10. The molecule has 0 spiro atoms.